The SMILES string of the molecule is C[C@H](NC(=O)COC(=O)c1cc2ccccc2[nH]1)C1CC1. The molecule has 3 rings (SSSR count). The normalized spacial score (nSPS) is 15.7. The van der Waals surface area contributed by atoms with Crippen LogP contribution in [0.4, 0.5) is 0 Å². The number of ether oxygens (including phenoxy) is 1. The van der Waals surface area contributed by atoms with Crippen molar-refractivity contribution in [3.8, 4) is 0 Å². The van der Waals surface area contributed by atoms with Crippen molar-refractivity contribution in [2.24, 2.45) is 5.92 Å². The monoisotopic (exact) mass is 286 g/mol. The van der Waals surface area contributed by atoms with Gasteiger partial charge < -0.3 is 15.0 Å². The number of esters is 1. The Morgan fingerprint density at radius 2 is 2.14 bits per heavy atom. The van der Waals surface area contributed by atoms with Gasteiger partial charge in [0, 0.05) is 16.9 Å². The first-order valence-corrected chi connectivity index (χ1v) is 7.18. The minimum atomic E-state index is -0.513. The lowest BCUT2D eigenvalue weighted by Crippen LogP contribution is -2.37. The number of aromatic amines is 1. The van der Waals surface area contributed by atoms with Crippen molar-refractivity contribution in [2.45, 2.75) is 25.8 Å². The van der Waals surface area contributed by atoms with Gasteiger partial charge in [-0.15, -0.1) is 0 Å². The molecule has 1 aromatic heterocycles. The maximum absolute atomic E-state index is 11.9. The van der Waals surface area contributed by atoms with Crippen LogP contribution in [0, 0.1) is 5.92 Å². The molecule has 0 spiro atoms. The van der Waals surface area contributed by atoms with Crippen LogP contribution in [0.3, 0.4) is 0 Å². The van der Waals surface area contributed by atoms with Gasteiger partial charge in [-0.3, -0.25) is 4.79 Å². The molecule has 1 fully saturated rings. The molecule has 0 saturated heterocycles. The highest BCUT2D eigenvalue weighted by Gasteiger charge is 2.29. The minimum absolute atomic E-state index is 0.157. The molecule has 0 aliphatic heterocycles. The molecule has 1 aliphatic carbocycles. The number of benzene rings is 1. The van der Waals surface area contributed by atoms with Gasteiger partial charge in [-0.05, 0) is 37.8 Å². The van der Waals surface area contributed by atoms with Gasteiger partial charge in [-0.25, -0.2) is 4.79 Å². The Hall–Kier alpha value is -2.30. The lowest BCUT2D eigenvalue weighted by molar-refractivity contribution is -0.125. The molecule has 1 heterocycles. The van der Waals surface area contributed by atoms with Gasteiger partial charge in [0.2, 0.25) is 0 Å². The van der Waals surface area contributed by atoms with E-state index < -0.39 is 5.97 Å². The standard InChI is InChI=1S/C16H18N2O3/c1-10(11-6-7-11)17-15(19)9-21-16(20)14-8-12-4-2-3-5-13(12)18-14/h2-5,8,10-11,18H,6-7,9H2,1H3,(H,17,19)/t10-/m0/s1. The largest absolute Gasteiger partial charge is 0.451 e. The van der Waals surface area contributed by atoms with Gasteiger partial charge in [0.05, 0.1) is 0 Å². The number of H-pyrrole nitrogens is 1. The molecule has 1 atom stereocenters. The predicted octanol–water partition coefficient (Wildman–Crippen LogP) is 2.24. The molecule has 1 amide bonds. The van der Waals surface area contributed by atoms with Crippen LogP contribution < -0.4 is 5.32 Å². The quantitative estimate of drug-likeness (QED) is 0.828. The van der Waals surface area contributed by atoms with Gasteiger partial charge in [0.1, 0.15) is 5.69 Å². The molecular weight excluding hydrogens is 268 g/mol. The smallest absolute Gasteiger partial charge is 0.355 e. The Bertz CT molecular complexity index is 640. The second kappa shape index (κ2) is 5.60. The van der Waals surface area contributed by atoms with Crippen molar-refractivity contribution in [2.75, 3.05) is 6.61 Å². The van der Waals surface area contributed by atoms with Crippen LogP contribution in [-0.4, -0.2) is 29.5 Å². The Kier molecular flexibility index (Phi) is 3.64. The third-order valence-electron chi connectivity index (χ3n) is 3.80. The highest BCUT2D eigenvalue weighted by atomic mass is 16.5. The Morgan fingerprint density at radius 3 is 2.86 bits per heavy atom. The van der Waals surface area contributed by atoms with Crippen molar-refractivity contribution in [3.63, 3.8) is 0 Å². The zero-order chi connectivity index (χ0) is 14.8. The maximum Gasteiger partial charge on any atom is 0.355 e. The van der Waals surface area contributed by atoms with E-state index in [1.807, 2.05) is 31.2 Å². The summed E-state index contributed by atoms with van der Waals surface area (Å²) in [5.74, 6) is -0.183. The number of hydrogen-bond acceptors (Lipinski definition) is 3. The van der Waals surface area contributed by atoms with E-state index in [1.54, 1.807) is 6.07 Å². The van der Waals surface area contributed by atoms with Crippen LogP contribution in [0.15, 0.2) is 30.3 Å². The summed E-state index contributed by atoms with van der Waals surface area (Å²) in [6.45, 7) is 1.74. The van der Waals surface area contributed by atoms with Crippen molar-refractivity contribution < 1.29 is 14.3 Å². The topological polar surface area (TPSA) is 71.2 Å². The van der Waals surface area contributed by atoms with E-state index >= 15 is 0 Å². The molecule has 5 nitrogen and oxygen atoms in total. The maximum atomic E-state index is 11.9. The summed E-state index contributed by atoms with van der Waals surface area (Å²) in [6, 6.07) is 9.47. The average Bonchev–Trinajstić information content (AvgIpc) is 3.23. The van der Waals surface area contributed by atoms with Gasteiger partial charge in [0.25, 0.3) is 5.91 Å². The Labute approximate surface area is 122 Å². The second-order valence-corrected chi connectivity index (χ2v) is 5.54. The number of hydrogen-bond donors (Lipinski definition) is 2. The molecule has 0 unspecified atom stereocenters. The number of para-hydroxylation sites is 1. The fourth-order valence-corrected chi connectivity index (χ4v) is 2.40. The van der Waals surface area contributed by atoms with Crippen molar-refractivity contribution >= 4 is 22.8 Å². The predicted molar refractivity (Wildman–Crippen MR) is 78.9 cm³/mol. The van der Waals surface area contributed by atoms with E-state index in [-0.39, 0.29) is 18.6 Å². The molecule has 5 heteroatoms. The first-order valence-electron chi connectivity index (χ1n) is 7.18. The summed E-state index contributed by atoms with van der Waals surface area (Å²) in [4.78, 5) is 26.6. The summed E-state index contributed by atoms with van der Waals surface area (Å²) in [7, 11) is 0. The van der Waals surface area contributed by atoms with Crippen LogP contribution in [0.1, 0.15) is 30.3 Å². The Morgan fingerprint density at radius 1 is 1.38 bits per heavy atom. The van der Waals surface area contributed by atoms with Crippen LogP contribution in [-0.2, 0) is 9.53 Å². The fraction of sp³-hybridized carbons (Fsp3) is 0.375. The van der Waals surface area contributed by atoms with E-state index in [2.05, 4.69) is 10.3 Å². The molecule has 1 aromatic carbocycles. The summed E-state index contributed by atoms with van der Waals surface area (Å²) < 4.78 is 5.04. The lowest BCUT2D eigenvalue weighted by Gasteiger charge is -2.12. The number of aromatic nitrogens is 1. The van der Waals surface area contributed by atoms with Gasteiger partial charge in [-0.1, -0.05) is 18.2 Å². The lowest BCUT2D eigenvalue weighted by atomic mass is 10.2. The number of carbonyl (C=O) groups excluding carboxylic acids is 2. The van der Waals surface area contributed by atoms with Gasteiger partial charge in [-0.2, -0.15) is 0 Å². The molecule has 110 valence electrons. The van der Waals surface area contributed by atoms with Crippen LogP contribution in [0.5, 0.6) is 0 Å². The molecule has 21 heavy (non-hydrogen) atoms. The van der Waals surface area contributed by atoms with Crippen molar-refractivity contribution in [3.05, 3.63) is 36.0 Å². The van der Waals surface area contributed by atoms with Crippen LogP contribution in [0.2, 0.25) is 0 Å². The number of nitrogens with one attached hydrogen (secondary N) is 2. The summed E-state index contributed by atoms with van der Waals surface area (Å²) in [5.41, 5.74) is 1.23. The van der Waals surface area contributed by atoms with E-state index in [9.17, 15) is 9.59 Å². The van der Waals surface area contributed by atoms with Crippen molar-refractivity contribution in [1.82, 2.24) is 10.3 Å². The Balaban J connectivity index is 1.54. The van der Waals surface area contributed by atoms with E-state index in [4.69, 9.17) is 4.74 Å². The first-order chi connectivity index (χ1) is 10.1. The molecule has 0 bridgehead atoms. The van der Waals surface area contributed by atoms with Gasteiger partial charge >= 0.3 is 5.97 Å². The third-order valence-corrected chi connectivity index (χ3v) is 3.80. The van der Waals surface area contributed by atoms with E-state index in [1.165, 1.54) is 0 Å². The molecule has 1 aliphatic rings. The summed E-state index contributed by atoms with van der Waals surface area (Å²) >= 11 is 0. The molecule has 0 radical (unpaired) electrons. The molecule has 1 saturated carbocycles. The fourth-order valence-electron chi connectivity index (χ4n) is 2.40. The first kappa shape index (κ1) is 13.7. The number of fused-ring (bicyclic) bond motifs is 1. The minimum Gasteiger partial charge on any atom is -0.451 e. The van der Waals surface area contributed by atoms with Crippen LogP contribution >= 0.6 is 0 Å². The summed E-state index contributed by atoms with van der Waals surface area (Å²) in [5, 5.41) is 3.79. The highest BCUT2D eigenvalue weighted by molar-refractivity contribution is 5.95. The molecule has 2 N–H and O–H groups in total. The third kappa shape index (κ3) is 3.24. The van der Waals surface area contributed by atoms with E-state index in [0.29, 0.717) is 11.6 Å². The zero-order valence-electron chi connectivity index (χ0n) is 11.9. The van der Waals surface area contributed by atoms with E-state index in [0.717, 1.165) is 23.7 Å². The summed E-state index contributed by atoms with van der Waals surface area (Å²) in [6.07, 6.45) is 2.33. The van der Waals surface area contributed by atoms with Gasteiger partial charge in [0.15, 0.2) is 6.61 Å². The highest BCUT2D eigenvalue weighted by Crippen LogP contribution is 2.32. The number of amides is 1. The average molecular weight is 286 g/mol. The second-order valence-electron chi connectivity index (χ2n) is 5.54. The zero-order valence-corrected chi connectivity index (χ0v) is 11.9. The number of rotatable bonds is 5. The number of carbonyl (C=O) groups is 2. The molecule has 2 aromatic rings. The van der Waals surface area contributed by atoms with Crippen molar-refractivity contribution in [1.29, 1.82) is 0 Å². The van der Waals surface area contributed by atoms with Crippen LogP contribution in [0.25, 0.3) is 10.9 Å². The molecular formula is C16H18N2O3.